The minimum atomic E-state index is -0.759. The van der Waals surface area contributed by atoms with Gasteiger partial charge in [-0.3, -0.25) is 9.59 Å². The third-order valence-electron chi connectivity index (χ3n) is 3.55. The van der Waals surface area contributed by atoms with Crippen molar-refractivity contribution in [1.82, 2.24) is 4.57 Å². The van der Waals surface area contributed by atoms with Gasteiger partial charge >= 0.3 is 0 Å². The number of ketones is 1. The Labute approximate surface area is 142 Å². The van der Waals surface area contributed by atoms with Crippen molar-refractivity contribution in [2.24, 2.45) is 7.05 Å². The summed E-state index contributed by atoms with van der Waals surface area (Å²) in [5.74, 6) is -1.39. The molecule has 0 atom stereocenters. The van der Waals surface area contributed by atoms with Crippen LogP contribution < -0.4 is 5.32 Å². The van der Waals surface area contributed by atoms with E-state index in [2.05, 4.69) is 5.32 Å². The average molecular weight is 347 g/mol. The van der Waals surface area contributed by atoms with E-state index >= 15 is 0 Å². The van der Waals surface area contributed by atoms with Gasteiger partial charge < -0.3 is 9.88 Å². The van der Waals surface area contributed by atoms with Crippen LogP contribution in [-0.2, 0) is 11.8 Å². The van der Waals surface area contributed by atoms with Crippen LogP contribution in [0.5, 0.6) is 0 Å². The first-order chi connectivity index (χ1) is 11.0. The number of fused-ring (bicyclic) bond motifs is 1. The van der Waals surface area contributed by atoms with Gasteiger partial charge in [0.25, 0.3) is 11.7 Å². The van der Waals surface area contributed by atoms with Crippen LogP contribution >= 0.6 is 23.2 Å². The summed E-state index contributed by atoms with van der Waals surface area (Å²) in [5.41, 5.74) is 1.53. The highest BCUT2D eigenvalue weighted by atomic mass is 35.5. The molecule has 0 aliphatic rings. The Morgan fingerprint density at radius 3 is 2.57 bits per heavy atom. The number of amides is 1. The van der Waals surface area contributed by atoms with Crippen molar-refractivity contribution in [1.29, 1.82) is 0 Å². The maximum Gasteiger partial charge on any atom is 0.296 e. The fourth-order valence-electron chi connectivity index (χ4n) is 2.42. The Morgan fingerprint density at radius 1 is 1.04 bits per heavy atom. The molecule has 0 saturated heterocycles. The average Bonchev–Trinajstić information content (AvgIpc) is 2.88. The molecule has 1 amide bonds. The predicted octanol–water partition coefficient (Wildman–Crippen LogP) is 4.31. The molecule has 0 saturated carbocycles. The SMILES string of the molecule is Cn1cc(C(=O)C(=O)Nc2cccc(Cl)c2Cl)c2ccccc21. The number of benzene rings is 2. The summed E-state index contributed by atoms with van der Waals surface area (Å²) in [6.45, 7) is 0. The molecule has 1 aromatic heterocycles. The number of hydrogen-bond donors (Lipinski definition) is 1. The number of nitrogens with zero attached hydrogens (tertiary/aromatic N) is 1. The molecule has 4 nitrogen and oxygen atoms in total. The molecule has 0 aliphatic carbocycles. The van der Waals surface area contributed by atoms with Crippen LogP contribution in [0.3, 0.4) is 0 Å². The molecular weight excluding hydrogens is 335 g/mol. The second kappa shape index (κ2) is 6.07. The number of hydrogen-bond acceptors (Lipinski definition) is 2. The van der Waals surface area contributed by atoms with Crippen LogP contribution in [0, 0.1) is 0 Å². The summed E-state index contributed by atoms with van der Waals surface area (Å²) in [5, 5.41) is 3.75. The molecular formula is C17H12Cl2N2O2. The first kappa shape index (κ1) is 15.6. The fourth-order valence-corrected chi connectivity index (χ4v) is 2.77. The van der Waals surface area contributed by atoms with Gasteiger partial charge in [0.1, 0.15) is 0 Å². The van der Waals surface area contributed by atoms with Crippen molar-refractivity contribution in [2.75, 3.05) is 5.32 Å². The zero-order chi connectivity index (χ0) is 16.6. The molecule has 1 heterocycles. The lowest BCUT2D eigenvalue weighted by atomic mass is 10.1. The first-order valence-corrected chi connectivity index (χ1v) is 7.58. The van der Waals surface area contributed by atoms with Crippen LogP contribution in [0.4, 0.5) is 5.69 Å². The summed E-state index contributed by atoms with van der Waals surface area (Å²) < 4.78 is 1.81. The lowest BCUT2D eigenvalue weighted by molar-refractivity contribution is -0.112. The number of para-hydroxylation sites is 1. The van der Waals surface area contributed by atoms with Gasteiger partial charge in [0.2, 0.25) is 0 Å². The minimum Gasteiger partial charge on any atom is -0.350 e. The van der Waals surface area contributed by atoms with Crippen molar-refractivity contribution < 1.29 is 9.59 Å². The molecule has 116 valence electrons. The minimum absolute atomic E-state index is 0.202. The molecule has 3 aromatic rings. The molecule has 23 heavy (non-hydrogen) atoms. The number of aryl methyl sites for hydroxylation is 1. The number of carbonyl (C=O) groups excluding carboxylic acids is 2. The molecule has 3 rings (SSSR count). The molecule has 6 heteroatoms. The van der Waals surface area contributed by atoms with Gasteiger partial charge in [-0.2, -0.15) is 0 Å². The van der Waals surface area contributed by atoms with E-state index in [9.17, 15) is 9.59 Å². The summed E-state index contributed by atoms with van der Waals surface area (Å²) >= 11 is 11.9. The summed E-state index contributed by atoms with van der Waals surface area (Å²) in [6.07, 6.45) is 1.64. The fraction of sp³-hybridized carbons (Fsp3) is 0.0588. The molecule has 0 aliphatic heterocycles. The Morgan fingerprint density at radius 2 is 1.78 bits per heavy atom. The van der Waals surface area contributed by atoms with Crippen molar-refractivity contribution in [3.05, 3.63) is 64.3 Å². The number of rotatable bonds is 3. The van der Waals surface area contributed by atoms with E-state index in [1.807, 2.05) is 35.9 Å². The number of Topliss-reactive ketones (excluding diaryl/α,β-unsaturated/α-hetero) is 1. The number of aromatic nitrogens is 1. The quantitative estimate of drug-likeness (QED) is 0.567. The van der Waals surface area contributed by atoms with Crippen LogP contribution in [0.2, 0.25) is 10.0 Å². The first-order valence-electron chi connectivity index (χ1n) is 6.83. The molecule has 0 fully saturated rings. The zero-order valence-corrected chi connectivity index (χ0v) is 13.7. The third-order valence-corrected chi connectivity index (χ3v) is 4.37. The van der Waals surface area contributed by atoms with Crippen molar-refractivity contribution in [2.45, 2.75) is 0 Å². The maximum atomic E-state index is 12.5. The smallest absolute Gasteiger partial charge is 0.296 e. The van der Waals surface area contributed by atoms with E-state index < -0.39 is 11.7 Å². The van der Waals surface area contributed by atoms with E-state index in [4.69, 9.17) is 23.2 Å². The molecule has 2 aromatic carbocycles. The lowest BCUT2D eigenvalue weighted by Crippen LogP contribution is -2.22. The van der Waals surface area contributed by atoms with Gasteiger partial charge in [-0.15, -0.1) is 0 Å². The van der Waals surface area contributed by atoms with Gasteiger partial charge in [0, 0.05) is 24.1 Å². The number of halogens is 2. The normalized spacial score (nSPS) is 10.7. The Hall–Kier alpha value is -2.30. The number of nitrogens with one attached hydrogen (secondary N) is 1. The molecule has 0 unspecified atom stereocenters. The van der Waals surface area contributed by atoms with Crippen molar-refractivity contribution in [3.63, 3.8) is 0 Å². The predicted molar refractivity (Wildman–Crippen MR) is 92.3 cm³/mol. The monoisotopic (exact) mass is 346 g/mol. The standard InChI is InChI=1S/C17H12Cl2N2O2/c1-21-9-11(10-5-2-3-8-14(10)21)16(22)17(23)20-13-7-4-6-12(18)15(13)19/h2-9H,1H3,(H,20,23). The summed E-state index contributed by atoms with van der Waals surface area (Å²) in [6, 6.07) is 12.2. The van der Waals surface area contributed by atoms with Gasteiger partial charge in [0.15, 0.2) is 0 Å². The van der Waals surface area contributed by atoms with E-state index in [-0.39, 0.29) is 5.02 Å². The second-order valence-electron chi connectivity index (χ2n) is 5.06. The van der Waals surface area contributed by atoms with E-state index in [0.29, 0.717) is 16.3 Å². The highest BCUT2D eigenvalue weighted by molar-refractivity contribution is 6.50. The van der Waals surface area contributed by atoms with Crippen LogP contribution in [0.15, 0.2) is 48.7 Å². The van der Waals surface area contributed by atoms with Gasteiger partial charge in [-0.1, -0.05) is 47.5 Å². The Bertz CT molecular complexity index is 931. The summed E-state index contributed by atoms with van der Waals surface area (Å²) in [4.78, 5) is 24.7. The zero-order valence-electron chi connectivity index (χ0n) is 12.1. The number of anilines is 1. The topological polar surface area (TPSA) is 51.1 Å². The lowest BCUT2D eigenvalue weighted by Gasteiger charge is -2.07. The summed E-state index contributed by atoms with van der Waals surface area (Å²) in [7, 11) is 1.82. The highest BCUT2D eigenvalue weighted by Gasteiger charge is 2.21. The van der Waals surface area contributed by atoms with Crippen LogP contribution in [0.25, 0.3) is 10.9 Å². The Kier molecular flexibility index (Phi) is 4.11. The maximum absolute atomic E-state index is 12.5. The highest BCUT2D eigenvalue weighted by Crippen LogP contribution is 2.30. The third kappa shape index (κ3) is 2.83. The Balaban J connectivity index is 1.93. The van der Waals surface area contributed by atoms with Gasteiger partial charge in [0.05, 0.1) is 21.3 Å². The molecule has 0 spiro atoms. The second-order valence-corrected chi connectivity index (χ2v) is 5.84. The van der Waals surface area contributed by atoms with E-state index in [1.54, 1.807) is 24.4 Å². The molecule has 1 N–H and O–H groups in total. The van der Waals surface area contributed by atoms with Gasteiger partial charge in [-0.25, -0.2) is 0 Å². The van der Waals surface area contributed by atoms with E-state index in [1.165, 1.54) is 0 Å². The molecule has 0 bridgehead atoms. The largest absolute Gasteiger partial charge is 0.350 e. The van der Waals surface area contributed by atoms with E-state index in [0.717, 1.165) is 10.9 Å². The van der Waals surface area contributed by atoms with Crippen molar-refractivity contribution in [3.8, 4) is 0 Å². The van der Waals surface area contributed by atoms with Crippen molar-refractivity contribution >= 4 is 51.5 Å². The van der Waals surface area contributed by atoms with Crippen LogP contribution in [-0.4, -0.2) is 16.3 Å². The van der Waals surface area contributed by atoms with Gasteiger partial charge in [-0.05, 0) is 18.2 Å². The molecule has 0 radical (unpaired) electrons. The van der Waals surface area contributed by atoms with Crippen LogP contribution in [0.1, 0.15) is 10.4 Å². The number of carbonyl (C=O) groups is 2.